The van der Waals surface area contributed by atoms with Gasteiger partial charge in [0.2, 0.25) is 0 Å². The van der Waals surface area contributed by atoms with Gasteiger partial charge in [-0.3, -0.25) is 18.6 Å². The fraction of sp³-hybridized carbons (Fsp3) is 0.714. The van der Waals surface area contributed by atoms with E-state index in [2.05, 4.69) is 74.6 Å². The van der Waals surface area contributed by atoms with Crippen LogP contribution in [0.3, 0.4) is 0 Å². The Hall–Kier alpha value is -2.29. The summed E-state index contributed by atoms with van der Waals surface area (Å²) in [6.45, 7) is 3.55. The van der Waals surface area contributed by atoms with E-state index in [9.17, 15) is 19.0 Å². The second kappa shape index (κ2) is 38.4. The molecule has 0 aromatic heterocycles. The monoisotopic (exact) mass is 752 g/mol. The second-order valence-corrected chi connectivity index (χ2v) is 14.6. The van der Waals surface area contributed by atoms with Crippen LogP contribution in [0, 0.1) is 0 Å². The number of esters is 2. The van der Waals surface area contributed by atoms with Crippen LogP contribution in [-0.4, -0.2) is 49.3 Å². The molecule has 52 heavy (non-hydrogen) atoms. The van der Waals surface area contributed by atoms with Crippen molar-refractivity contribution in [2.24, 2.45) is 5.73 Å². The van der Waals surface area contributed by atoms with Crippen molar-refractivity contribution in [1.82, 2.24) is 0 Å². The van der Waals surface area contributed by atoms with Crippen molar-refractivity contribution < 1.29 is 37.6 Å². The maximum Gasteiger partial charge on any atom is 0.472 e. The van der Waals surface area contributed by atoms with Gasteiger partial charge in [-0.15, -0.1) is 0 Å². The third-order valence-electron chi connectivity index (χ3n) is 8.14. The highest BCUT2D eigenvalue weighted by molar-refractivity contribution is 7.47. The van der Waals surface area contributed by atoms with Crippen LogP contribution in [0.2, 0.25) is 0 Å². The van der Waals surface area contributed by atoms with Crippen LogP contribution in [0.5, 0.6) is 0 Å². The quantitative estimate of drug-likeness (QED) is 0.0275. The lowest BCUT2D eigenvalue weighted by Crippen LogP contribution is -2.29. The Morgan fingerprint density at radius 2 is 1.06 bits per heavy atom. The Kier molecular flexibility index (Phi) is 36.7. The number of nitrogens with two attached hydrogens (primary N) is 1. The van der Waals surface area contributed by atoms with Crippen molar-refractivity contribution in [3.63, 3.8) is 0 Å². The summed E-state index contributed by atoms with van der Waals surface area (Å²) in [5.41, 5.74) is 5.33. The minimum Gasteiger partial charge on any atom is -0.462 e. The summed E-state index contributed by atoms with van der Waals surface area (Å²) in [4.78, 5) is 34.8. The molecule has 2 unspecified atom stereocenters. The highest BCUT2D eigenvalue weighted by atomic mass is 31.2. The number of phosphoric acid groups is 1. The summed E-state index contributed by atoms with van der Waals surface area (Å²) in [6.07, 6.45) is 43.9. The lowest BCUT2D eigenvalue weighted by Gasteiger charge is -2.19. The largest absolute Gasteiger partial charge is 0.472 e. The van der Waals surface area contributed by atoms with E-state index in [0.717, 1.165) is 103 Å². The predicted octanol–water partition coefficient (Wildman–Crippen LogP) is 11.3. The minimum absolute atomic E-state index is 0.0470. The Morgan fingerprint density at radius 3 is 1.60 bits per heavy atom. The van der Waals surface area contributed by atoms with Crippen LogP contribution in [0.25, 0.3) is 0 Å². The smallest absolute Gasteiger partial charge is 0.462 e. The molecule has 10 heteroatoms. The number of carbonyl (C=O) groups is 2. The normalized spacial score (nSPS) is 14.0. The average Bonchev–Trinajstić information content (AvgIpc) is 3.13. The van der Waals surface area contributed by atoms with Crippen LogP contribution < -0.4 is 5.73 Å². The van der Waals surface area contributed by atoms with Gasteiger partial charge in [0.05, 0.1) is 13.2 Å². The van der Waals surface area contributed by atoms with E-state index in [1.165, 1.54) is 25.7 Å². The molecule has 0 fully saturated rings. The Labute approximate surface area is 317 Å². The molecule has 0 saturated carbocycles. The molecule has 0 aromatic rings. The van der Waals surface area contributed by atoms with Crippen molar-refractivity contribution in [2.75, 3.05) is 26.4 Å². The first-order valence-corrected chi connectivity index (χ1v) is 21.8. The van der Waals surface area contributed by atoms with Crippen molar-refractivity contribution in [1.29, 1.82) is 0 Å². The minimum atomic E-state index is -4.38. The fourth-order valence-corrected chi connectivity index (χ4v) is 5.91. The van der Waals surface area contributed by atoms with Gasteiger partial charge in [-0.25, -0.2) is 4.57 Å². The van der Waals surface area contributed by atoms with Gasteiger partial charge in [-0.2, -0.15) is 0 Å². The van der Waals surface area contributed by atoms with Gasteiger partial charge in [-0.1, -0.05) is 132 Å². The zero-order valence-corrected chi connectivity index (χ0v) is 33.7. The van der Waals surface area contributed by atoms with E-state index in [0.29, 0.717) is 6.42 Å². The Balaban J connectivity index is 4.23. The molecule has 0 aliphatic rings. The lowest BCUT2D eigenvalue weighted by molar-refractivity contribution is -0.161. The third kappa shape index (κ3) is 37.5. The molecule has 9 nitrogen and oxygen atoms in total. The number of hydrogen-bond acceptors (Lipinski definition) is 8. The van der Waals surface area contributed by atoms with Gasteiger partial charge < -0.3 is 20.1 Å². The van der Waals surface area contributed by atoms with E-state index >= 15 is 0 Å². The van der Waals surface area contributed by atoms with E-state index in [-0.39, 0.29) is 32.6 Å². The van der Waals surface area contributed by atoms with Crippen LogP contribution in [0.15, 0.2) is 60.8 Å². The molecule has 0 aliphatic heterocycles. The maximum atomic E-state index is 12.6. The zero-order chi connectivity index (χ0) is 38.2. The first-order valence-electron chi connectivity index (χ1n) is 20.3. The Bertz CT molecular complexity index is 1040. The SMILES string of the molecule is CC/C=C\C/C=C\C/C=C\C/C=C\CCCCCCCCC(=O)OC(COC(=O)CCCCCCC/C=C\CCCCC)COP(=O)(O)OCCN. The molecule has 0 amide bonds. The molecule has 0 bridgehead atoms. The van der Waals surface area contributed by atoms with E-state index in [4.69, 9.17) is 24.3 Å². The van der Waals surface area contributed by atoms with E-state index in [1.54, 1.807) is 0 Å². The topological polar surface area (TPSA) is 134 Å². The first-order chi connectivity index (χ1) is 25.3. The van der Waals surface area contributed by atoms with Crippen LogP contribution in [-0.2, 0) is 32.7 Å². The number of ether oxygens (including phenoxy) is 2. The summed E-state index contributed by atoms with van der Waals surface area (Å²) in [7, 11) is -4.38. The van der Waals surface area contributed by atoms with Crippen molar-refractivity contribution >= 4 is 19.8 Å². The summed E-state index contributed by atoms with van der Waals surface area (Å²) < 4.78 is 32.7. The molecular weight excluding hydrogens is 677 g/mol. The molecule has 0 heterocycles. The third-order valence-corrected chi connectivity index (χ3v) is 9.12. The van der Waals surface area contributed by atoms with Crippen LogP contribution >= 0.6 is 7.82 Å². The van der Waals surface area contributed by atoms with Gasteiger partial charge >= 0.3 is 19.8 Å². The number of hydrogen-bond donors (Lipinski definition) is 2. The number of allylic oxidation sites excluding steroid dienone is 10. The van der Waals surface area contributed by atoms with E-state index in [1.807, 2.05) is 0 Å². The molecule has 0 spiro atoms. The van der Waals surface area contributed by atoms with Gasteiger partial charge in [0.1, 0.15) is 6.61 Å². The molecule has 3 N–H and O–H groups in total. The maximum absolute atomic E-state index is 12.6. The van der Waals surface area contributed by atoms with Crippen molar-refractivity contribution in [2.45, 2.75) is 168 Å². The second-order valence-electron chi connectivity index (χ2n) is 13.1. The summed E-state index contributed by atoms with van der Waals surface area (Å²) in [6, 6.07) is 0. The number of carbonyl (C=O) groups excluding carboxylic acids is 2. The van der Waals surface area contributed by atoms with Gasteiger partial charge in [-0.05, 0) is 77.0 Å². The molecular formula is C42H74NO8P. The molecule has 0 radical (unpaired) electrons. The van der Waals surface area contributed by atoms with E-state index < -0.39 is 32.5 Å². The van der Waals surface area contributed by atoms with Crippen molar-refractivity contribution in [3.8, 4) is 0 Å². The first kappa shape index (κ1) is 49.7. The van der Waals surface area contributed by atoms with Crippen LogP contribution in [0.4, 0.5) is 0 Å². The Morgan fingerprint density at radius 1 is 0.596 bits per heavy atom. The predicted molar refractivity (Wildman–Crippen MR) is 215 cm³/mol. The van der Waals surface area contributed by atoms with Gasteiger partial charge in [0, 0.05) is 19.4 Å². The fourth-order valence-electron chi connectivity index (χ4n) is 5.15. The number of unbranched alkanes of at least 4 members (excludes halogenated alkanes) is 14. The molecule has 0 saturated heterocycles. The molecule has 0 aliphatic carbocycles. The lowest BCUT2D eigenvalue weighted by atomic mass is 10.1. The molecule has 0 rings (SSSR count). The average molecular weight is 752 g/mol. The standard InChI is InChI=1S/C42H74NO8P/c1-3-5-7-9-11-13-15-17-18-19-20-21-22-23-25-27-29-31-33-35-42(45)51-40(39-50-52(46,47)49-37-36-43)38-48-41(44)34-32-30-28-26-24-16-14-12-10-8-6-4-2/h5,7,11-14,17-18,20-21,40H,3-4,6,8-10,15-16,19,22-39,43H2,1-2H3,(H,46,47)/b7-5-,13-11-,14-12-,18-17-,21-20-. The highest BCUT2D eigenvalue weighted by Crippen LogP contribution is 2.43. The van der Waals surface area contributed by atoms with Gasteiger partial charge in [0.15, 0.2) is 6.10 Å². The zero-order valence-electron chi connectivity index (χ0n) is 32.8. The molecule has 0 aromatic carbocycles. The summed E-state index contributed by atoms with van der Waals surface area (Å²) >= 11 is 0. The van der Waals surface area contributed by atoms with Crippen molar-refractivity contribution in [3.05, 3.63) is 60.8 Å². The highest BCUT2D eigenvalue weighted by Gasteiger charge is 2.25. The molecule has 2 atom stereocenters. The van der Waals surface area contributed by atoms with Crippen LogP contribution in [0.1, 0.15) is 162 Å². The molecule has 300 valence electrons. The van der Waals surface area contributed by atoms with Gasteiger partial charge in [0.25, 0.3) is 0 Å². The summed E-state index contributed by atoms with van der Waals surface area (Å²) in [5.74, 6) is -0.861. The summed E-state index contributed by atoms with van der Waals surface area (Å²) in [5, 5.41) is 0. The number of rotatable bonds is 37. The number of phosphoric ester groups is 1.